The standard InChI is InChI=1S/C26H36N4O2/c1-18-12-14-20(15-13-18)30-23(31)21-16-22(25(2,3)4)28-29(21)17-26(30,5)24(32)27-19-10-8-6-7-9-11-19/h12-16,19H,6-11,17H2,1-5H3,(H,27,32). The van der Waals surface area contributed by atoms with Gasteiger partial charge in [-0.2, -0.15) is 5.10 Å². The van der Waals surface area contributed by atoms with E-state index in [1.54, 1.807) is 9.58 Å². The number of hydrogen-bond acceptors (Lipinski definition) is 3. The van der Waals surface area contributed by atoms with Gasteiger partial charge in [0.2, 0.25) is 5.91 Å². The van der Waals surface area contributed by atoms with E-state index >= 15 is 0 Å². The molecule has 2 heterocycles. The number of aryl methyl sites for hydroxylation is 1. The van der Waals surface area contributed by atoms with Crippen molar-refractivity contribution in [1.29, 1.82) is 0 Å². The number of fused-ring (bicyclic) bond motifs is 1. The molecule has 1 fully saturated rings. The molecule has 6 nitrogen and oxygen atoms in total. The molecule has 1 aliphatic carbocycles. The van der Waals surface area contributed by atoms with Gasteiger partial charge in [0.15, 0.2) is 0 Å². The van der Waals surface area contributed by atoms with Gasteiger partial charge in [-0.15, -0.1) is 0 Å². The Hall–Kier alpha value is -2.63. The molecule has 2 amide bonds. The van der Waals surface area contributed by atoms with E-state index in [2.05, 4.69) is 26.1 Å². The van der Waals surface area contributed by atoms with Gasteiger partial charge in [0, 0.05) is 17.1 Å². The maximum Gasteiger partial charge on any atom is 0.277 e. The summed E-state index contributed by atoms with van der Waals surface area (Å²) < 4.78 is 1.74. The molecular formula is C26H36N4O2. The van der Waals surface area contributed by atoms with Gasteiger partial charge in [-0.1, -0.05) is 64.2 Å². The molecule has 32 heavy (non-hydrogen) atoms. The molecule has 1 atom stereocenters. The summed E-state index contributed by atoms with van der Waals surface area (Å²) >= 11 is 0. The molecule has 0 saturated heterocycles. The Bertz CT molecular complexity index is 994. The van der Waals surface area contributed by atoms with E-state index in [0.29, 0.717) is 12.2 Å². The molecule has 1 saturated carbocycles. The minimum absolute atomic E-state index is 0.100. The lowest BCUT2D eigenvalue weighted by Crippen LogP contribution is -2.65. The maximum absolute atomic E-state index is 13.8. The molecule has 1 unspecified atom stereocenters. The van der Waals surface area contributed by atoms with Crippen LogP contribution in [0, 0.1) is 6.92 Å². The average Bonchev–Trinajstić information content (AvgIpc) is 3.00. The summed E-state index contributed by atoms with van der Waals surface area (Å²) in [5, 5.41) is 8.04. The lowest BCUT2D eigenvalue weighted by atomic mass is 9.91. The van der Waals surface area contributed by atoms with Crippen LogP contribution in [0.1, 0.15) is 88.0 Å². The van der Waals surface area contributed by atoms with Crippen LogP contribution in [0.4, 0.5) is 5.69 Å². The highest BCUT2D eigenvalue weighted by atomic mass is 16.2. The van der Waals surface area contributed by atoms with Crippen molar-refractivity contribution in [3.63, 3.8) is 0 Å². The number of aromatic nitrogens is 2. The van der Waals surface area contributed by atoms with Crippen LogP contribution >= 0.6 is 0 Å². The van der Waals surface area contributed by atoms with Crippen LogP contribution in [0.15, 0.2) is 30.3 Å². The lowest BCUT2D eigenvalue weighted by Gasteiger charge is -2.43. The molecule has 1 N–H and O–H groups in total. The van der Waals surface area contributed by atoms with Crippen molar-refractivity contribution in [1.82, 2.24) is 15.1 Å². The Balaban J connectivity index is 1.74. The van der Waals surface area contributed by atoms with Crippen LogP contribution in [0.3, 0.4) is 0 Å². The fourth-order valence-electron chi connectivity index (χ4n) is 4.81. The minimum atomic E-state index is -1.06. The van der Waals surface area contributed by atoms with Crippen molar-refractivity contribution >= 4 is 17.5 Å². The predicted octanol–water partition coefficient (Wildman–Crippen LogP) is 4.75. The van der Waals surface area contributed by atoms with Gasteiger partial charge < -0.3 is 5.32 Å². The van der Waals surface area contributed by atoms with E-state index in [0.717, 1.165) is 42.6 Å². The number of hydrogen-bond donors (Lipinski definition) is 1. The van der Waals surface area contributed by atoms with Gasteiger partial charge in [-0.3, -0.25) is 19.2 Å². The molecule has 6 heteroatoms. The van der Waals surface area contributed by atoms with Gasteiger partial charge in [-0.25, -0.2) is 0 Å². The fourth-order valence-corrected chi connectivity index (χ4v) is 4.81. The van der Waals surface area contributed by atoms with Gasteiger partial charge >= 0.3 is 0 Å². The molecule has 1 aromatic carbocycles. The number of nitrogens with zero attached hydrogens (tertiary/aromatic N) is 3. The summed E-state index contributed by atoms with van der Waals surface area (Å²) in [7, 11) is 0. The van der Waals surface area contributed by atoms with Crippen LogP contribution in [-0.4, -0.2) is 33.2 Å². The zero-order valence-corrected chi connectivity index (χ0v) is 20.1. The molecular weight excluding hydrogens is 400 g/mol. The van der Waals surface area contributed by atoms with Crippen molar-refractivity contribution in [3.8, 4) is 0 Å². The Morgan fingerprint density at radius 2 is 1.72 bits per heavy atom. The molecule has 0 radical (unpaired) electrons. The Morgan fingerprint density at radius 1 is 1.09 bits per heavy atom. The second-order valence-electron chi connectivity index (χ2n) is 10.7. The summed E-state index contributed by atoms with van der Waals surface area (Å²) in [6.07, 6.45) is 6.73. The first kappa shape index (κ1) is 22.6. The SMILES string of the molecule is Cc1ccc(N2C(=O)c3cc(C(C)(C)C)nn3CC2(C)C(=O)NC2CCCCCC2)cc1. The van der Waals surface area contributed by atoms with E-state index in [1.807, 2.05) is 44.2 Å². The molecule has 0 bridgehead atoms. The van der Waals surface area contributed by atoms with E-state index in [-0.39, 0.29) is 23.3 Å². The Morgan fingerprint density at radius 3 is 2.31 bits per heavy atom. The minimum Gasteiger partial charge on any atom is -0.351 e. The normalized spacial score (nSPS) is 22.4. The Labute approximate surface area is 191 Å². The van der Waals surface area contributed by atoms with Gasteiger partial charge in [0.05, 0.1) is 12.2 Å². The summed E-state index contributed by atoms with van der Waals surface area (Å²) in [6, 6.07) is 9.88. The Kier molecular flexibility index (Phi) is 5.91. The zero-order chi connectivity index (χ0) is 23.1. The summed E-state index contributed by atoms with van der Waals surface area (Å²) in [5.74, 6) is -0.279. The molecule has 2 aromatic rings. The quantitative estimate of drug-likeness (QED) is 0.706. The number of rotatable bonds is 3. The predicted molar refractivity (Wildman–Crippen MR) is 127 cm³/mol. The topological polar surface area (TPSA) is 67.2 Å². The van der Waals surface area contributed by atoms with Crippen LogP contribution < -0.4 is 10.2 Å². The highest BCUT2D eigenvalue weighted by molar-refractivity contribution is 6.11. The number of nitrogens with one attached hydrogen (secondary N) is 1. The highest BCUT2D eigenvalue weighted by Crippen LogP contribution is 2.35. The zero-order valence-electron chi connectivity index (χ0n) is 20.1. The van der Waals surface area contributed by atoms with Crippen molar-refractivity contribution in [2.24, 2.45) is 0 Å². The third kappa shape index (κ3) is 4.19. The van der Waals surface area contributed by atoms with Crippen LogP contribution in [0.25, 0.3) is 0 Å². The second kappa shape index (κ2) is 8.38. The third-order valence-electron chi connectivity index (χ3n) is 6.89. The first-order chi connectivity index (χ1) is 15.1. The molecule has 4 rings (SSSR count). The van der Waals surface area contributed by atoms with Crippen LogP contribution in [-0.2, 0) is 16.8 Å². The molecule has 1 aromatic heterocycles. The van der Waals surface area contributed by atoms with Gasteiger partial charge in [0.25, 0.3) is 5.91 Å². The molecule has 172 valence electrons. The first-order valence-corrected chi connectivity index (χ1v) is 11.9. The number of carbonyl (C=O) groups is 2. The number of benzene rings is 1. The van der Waals surface area contributed by atoms with Crippen LogP contribution in [0.5, 0.6) is 0 Å². The molecule has 0 spiro atoms. The molecule has 2 aliphatic rings. The van der Waals surface area contributed by atoms with Crippen molar-refractivity contribution in [3.05, 3.63) is 47.3 Å². The largest absolute Gasteiger partial charge is 0.351 e. The van der Waals surface area contributed by atoms with Gasteiger partial charge in [-0.05, 0) is 44.9 Å². The van der Waals surface area contributed by atoms with Crippen molar-refractivity contribution in [2.45, 2.75) is 96.7 Å². The van der Waals surface area contributed by atoms with E-state index in [1.165, 1.54) is 12.8 Å². The van der Waals surface area contributed by atoms with E-state index < -0.39 is 5.54 Å². The summed E-state index contributed by atoms with van der Waals surface area (Å²) in [5.41, 5.74) is 2.01. The molecule has 1 aliphatic heterocycles. The highest BCUT2D eigenvalue weighted by Gasteiger charge is 2.49. The number of amides is 2. The van der Waals surface area contributed by atoms with Crippen molar-refractivity contribution in [2.75, 3.05) is 4.90 Å². The smallest absolute Gasteiger partial charge is 0.277 e. The van der Waals surface area contributed by atoms with E-state index in [9.17, 15) is 9.59 Å². The monoisotopic (exact) mass is 436 g/mol. The fraction of sp³-hybridized carbons (Fsp3) is 0.577. The van der Waals surface area contributed by atoms with Gasteiger partial charge in [0.1, 0.15) is 11.2 Å². The number of carbonyl (C=O) groups excluding carboxylic acids is 2. The summed E-state index contributed by atoms with van der Waals surface area (Å²) in [6.45, 7) is 10.5. The van der Waals surface area contributed by atoms with Crippen LogP contribution in [0.2, 0.25) is 0 Å². The second-order valence-corrected chi connectivity index (χ2v) is 10.7. The first-order valence-electron chi connectivity index (χ1n) is 11.9. The third-order valence-corrected chi connectivity index (χ3v) is 6.89. The maximum atomic E-state index is 13.8. The summed E-state index contributed by atoms with van der Waals surface area (Å²) in [4.78, 5) is 29.2. The average molecular weight is 437 g/mol. The van der Waals surface area contributed by atoms with Crippen molar-refractivity contribution < 1.29 is 9.59 Å². The van der Waals surface area contributed by atoms with E-state index in [4.69, 9.17) is 5.10 Å². The lowest BCUT2D eigenvalue weighted by molar-refractivity contribution is -0.127. The number of anilines is 1.